The highest BCUT2D eigenvalue weighted by molar-refractivity contribution is 6.29. The zero-order chi connectivity index (χ0) is 13.1. The number of nitrogens with one attached hydrogen (secondary N) is 1. The Morgan fingerprint density at radius 3 is 2.67 bits per heavy atom. The summed E-state index contributed by atoms with van der Waals surface area (Å²) in [5.41, 5.74) is 1.30. The van der Waals surface area contributed by atoms with E-state index in [1.807, 2.05) is 0 Å². The number of aryl methyl sites for hydroxylation is 1. The van der Waals surface area contributed by atoms with Gasteiger partial charge >= 0.3 is 0 Å². The largest absolute Gasteiger partial charge is 0.320 e. The van der Waals surface area contributed by atoms with Crippen LogP contribution in [0.2, 0.25) is 5.15 Å². The molecule has 1 amide bonds. The van der Waals surface area contributed by atoms with E-state index < -0.39 is 5.91 Å². The molecule has 0 unspecified atom stereocenters. The van der Waals surface area contributed by atoms with Crippen molar-refractivity contribution in [2.24, 2.45) is 0 Å². The molecule has 0 aliphatic heterocycles. The van der Waals surface area contributed by atoms with Crippen molar-refractivity contribution in [3.63, 3.8) is 0 Å². The Hall–Kier alpha value is -2.01. The van der Waals surface area contributed by atoms with E-state index in [0.29, 0.717) is 11.3 Å². The number of rotatable bonds is 2. The Bertz CT molecular complexity index is 586. The van der Waals surface area contributed by atoms with Crippen LogP contribution in [0.5, 0.6) is 0 Å². The number of amides is 1. The van der Waals surface area contributed by atoms with Crippen LogP contribution in [0.15, 0.2) is 30.3 Å². The van der Waals surface area contributed by atoms with Crippen molar-refractivity contribution in [3.05, 3.63) is 52.6 Å². The fourth-order valence-corrected chi connectivity index (χ4v) is 1.49. The van der Waals surface area contributed by atoms with Crippen LogP contribution >= 0.6 is 11.6 Å². The van der Waals surface area contributed by atoms with Crippen LogP contribution in [-0.2, 0) is 0 Å². The van der Waals surface area contributed by atoms with Crippen molar-refractivity contribution >= 4 is 23.2 Å². The molecule has 0 aliphatic carbocycles. The third kappa shape index (κ3) is 2.81. The second-order valence-corrected chi connectivity index (χ2v) is 4.04. The van der Waals surface area contributed by atoms with Gasteiger partial charge in [0.05, 0.1) is 0 Å². The molecule has 0 aliphatic rings. The van der Waals surface area contributed by atoms with Crippen molar-refractivity contribution in [1.82, 2.24) is 10.2 Å². The van der Waals surface area contributed by atoms with Gasteiger partial charge in [-0.2, -0.15) is 0 Å². The summed E-state index contributed by atoms with van der Waals surface area (Å²) in [6, 6.07) is 7.04. The van der Waals surface area contributed by atoms with Gasteiger partial charge in [0.25, 0.3) is 5.91 Å². The minimum absolute atomic E-state index is 0.142. The van der Waals surface area contributed by atoms with Gasteiger partial charge in [-0.25, -0.2) is 4.39 Å². The third-order valence-corrected chi connectivity index (χ3v) is 2.50. The number of halogens is 2. The van der Waals surface area contributed by atoms with Gasteiger partial charge < -0.3 is 5.32 Å². The maximum Gasteiger partial charge on any atom is 0.276 e. The molecule has 0 saturated carbocycles. The van der Waals surface area contributed by atoms with Crippen molar-refractivity contribution < 1.29 is 9.18 Å². The van der Waals surface area contributed by atoms with E-state index in [-0.39, 0.29) is 16.7 Å². The van der Waals surface area contributed by atoms with E-state index in [9.17, 15) is 9.18 Å². The molecular weight excluding hydrogens is 257 g/mol. The van der Waals surface area contributed by atoms with Crippen LogP contribution in [0.25, 0.3) is 0 Å². The molecule has 92 valence electrons. The Balaban J connectivity index is 2.18. The fourth-order valence-electron chi connectivity index (χ4n) is 1.39. The highest BCUT2D eigenvalue weighted by atomic mass is 35.5. The van der Waals surface area contributed by atoms with Crippen LogP contribution < -0.4 is 5.32 Å². The summed E-state index contributed by atoms with van der Waals surface area (Å²) in [6.07, 6.45) is 0. The molecule has 0 bridgehead atoms. The molecular formula is C12H9ClFN3O. The van der Waals surface area contributed by atoms with E-state index in [1.54, 1.807) is 6.92 Å². The highest BCUT2D eigenvalue weighted by Crippen LogP contribution is 2.16. The van der Waals surface area contributed by atoms with Crippen LogP contribution in [0.1, 0.15) is 16.1 Å². The third-order valence-electron chi connectivity index (χ3n) is 2.30. The first-order valence-corrected chi connectivity index (χ1v) is 5.51. The minimum atomic E-state index is -0.422. The first-order chi connectivity index (χ1) is 8.56. The summed E-state index contributed by atoms with van der Waals surface area (Å²) in [7, 11) is 0. The number of aromatic nitrogens is 2. The summed E-state index contributed by atoms with van der Waals surface area (Å²) in [5.74, 6) is -0.773. The predicted octanol–water partition coefficient (Wildman–Crippen LogP) is 2.83. The van der Waals surface area contributed by atoms with Crippen LogP contribution in [-0.4, -0.2) is 16.1 Å². The molecule has 0 saturated heterocycles. The van der Waals surface area contributed by atoms with E-state index in [0.717, 1.165) is 0 Å². The standard InChI is InChI=1S/C12H9ClFN3O/c1-7-6-8(14)2-3-9(7)15-12(18)10-4-5-11(13)17-16-10/h2-6H,1H3,(H,15,18). The van der Waals surface area contributed by atoms with Gasteiger partial charge in [-0.1, -0.05) is 11.6 Å². The predicted molar refractivity (Wildman–Crippen MR) is 66.1 cm³/mol. The van der Waals surface area contributed by atoms with Crippen LogP contribution in [0.3, 0.4) is 0 Å². The topological polar surface area (TPSA) is 54.9 Å². The van der Waals surface area contributed by atoms with Crippen molar-refractivity contribution in [2.75, 3.05) is 5.32 Å². The van der Waals surface area contributed by atoms with Gasteiger partial charge in [0.15, 0.2) is 10.8 Å². The highest BCUT2D eigenvalue weighted by Gasteiger charge is 2.10. The first kappa shape index (κ1) is 12.4. The van der Waals surface area contributed by atoms with Gasteiger partial charge in [-0.05, 0) is 42.8 Å². The van der Waals surface area contributed by atoms with E-state index in [2.05, 4.69) is 15.5 Å². The molecule has 0 radical (unpaired) electrons. The molecule has 2 aromatic rings. The second kappa shape index (κ2) is 5.10. The quantitative estimate of drug-likeness (QED) is 0.908. The number of carbonyl (C=O) groups is 1. The molecule has 1 aromatic carbocycles. The smallest absolute Gasteiger partial charge is 0.276 e. The SMILES string of the molecule is Cc1cc(F)ccc1NC(=O)c1ccc(Cl)nn1. The molecule has 4 nitrogen and oxygen atoms in total. The van der Waals surface area contributed by atoms with Gasteiger partial charge in [0.1, 0.15) is 5.82 Å². The molecule has 18 heavy (non-hydrogen) atoms. The number of anilines is 1. The molecule has 1 N–H and O–H groups in total. The van der Waals surface area contributed by atoms with Crippen LogP contribution in [0, 0.1) is 12.7 Å². The molecule has 1 aromatic heterocycles. The molecule has 0 spiro atoms. The average molecular weight is 266 g/mol. The second-order valence-electron chi connectivity index (χ2n) is 3.65. The van der Waals surface area contributed by atoms with Crippen molar-refractivity contribution in [1.29, 1.82) is 0 Å². The number of nitrogens with zero attached hydrogens (tertiary/aromatic N) is 2. The number of hydrogen-bond acceptors (Lipinski definition) is 3. The Labute approximate surface area is 108 Å². The van der Waals surface area contributed by atoms with E-state index >= 15 is 0 Å². The molecule has 2 rings (SSSR count). The molecule has 0 fully saturated rings. The van der Waals surface area contributed by atoms with Gasteiger partial charge in [-0.3, -0.25) is 4.79 Å². The lowest BCUT2D eigenvalue weighted by atomic mass is 10.2. The van der Waals surface area contributed by atoms with E-state index in [1.165, 1.54) is 30.3 Å². The number of benzene rings is 1. The zero-order valence-corrected chi connectivity index (χ0v) is 10.2. The Morgan fingerprint density at radius 1 is 1.28 bits per heavy atom. The first-order valence-electron chi connectivity index (χ1n) is 5.13. The van der Waals surface area contributed by atoms with Crippen molar-refractivity contribution in [3.8, 4) is 0 Å². The minimum Gasteiger partial charge on any atom is -0.320 e. The van der Waals surface area contributed by atoms with Gasteiger partial charge in [0.2, 0.25) is 0 Å². The maximum absolute atomic E-state index is 12.9. The zero-order valence-electron chi connectivity index (χ0n) is 9.45. The average Bonchev–Trinajstić information content (AvgIpc) is 2.33. The maximum atomic E-state index is 12.9. The van der Waals surface area contributed by atoms with Gasteiger partial charge in [-0.15, -0.1) is 10.2 Å². The molecule has 1 heterocycles. The van der Waals surface area contributed by atoms with E-state index in [4.69, 9.17) is 11.6 Å². The summed E-state index contributed by atoms with van der Waals surface area (Å²) < 4.78 is 12.9. The summed E-state index contributed by atoms with van der Waals surface area (Å²) >= 11 is 5.57. The lowest BCUT2D eigenvalue weighted by Crippen LogP contribution is -2.15. The lowest BCUT2D eigenvalue weighted by molar-refractivity contribution is 0.102. The summed E-state index contributed by atoms with van der Waals surface area (Å²) in [6.45, 7) is 1.70. The van der Waals surface area contributed by atoms with Crippen LogP contribution in [0.4, 0.5) is 10.1 Å². The van der Waals surface area contributed by atoms with Gasteiger partial charge in [0, 0.05) is 5.69 Å². The number of hydrogen-bond donors (Lipinski definition) is 1. The lowest BCUT2D eigenvalue weighted by Gasteiger charge is -2.07. The number of carbonyl (C=O) groups excluding carboxylic acids is 1. The monoisotopic (exact) mass is 265 g/mol. The fraction of sp³-hybridized carbons (Fsp3) is 0.0833. The summed E-state index contributed by atoms with van der Waals surface area (Å²) in [5, 5.41) is 10.1. The Kier molecular flexibility index (Phi) is 3.53. The molecule has 0 atom stereocenters. The Morgan fingerprint density at radius 2 is 2.06 bits per heavy atom. The molecule has 6 heteroatoms. The van der Waals surface area contributed by atoms with Crippen molar-refractivity contribution in [2.45, 2.75) is 6.92 Å². The summed E-state index contributed by atoms with van der Waals surface area (Å²) in [4.78, 5) is 11.8. The normalized spacial score (nSPS) is 10.2.